The lowest BCUT2D eigenvalue weighted by Crippen LogP contribution is -2.23. The molecule has 0 bridgehead atoms. The first-order valence-electron chi connectivity index (χ1n) is 8.00. The van der Waals surface area contributed by atoms with Crippen molar-refractivity contribution in [3.8, 4) is 11.6 Å². The molecular weight excluding hydrogens is 320 g/mol. The predicted octanol–water partition coefficient (Wildman–Crippen LogP) is 5.03. The maximum atomic E-state index is 10.3. The molecule has 0 saturated carbocycles. The summed E-state index contributed by atoms with van der Waals surface area (Å²) in [4.78, 5) is 13.7. The first-order valence-corrected chi connectivity index (χ1v) is 8.00. The minimum absolute atomic E-state index is 0.0359. The van der Waals surface area contributed by atoms with Crippen LogP contribution in [0.25, 0.3) is 0 Å². The van der Waals surface area contributed by atoms with Crippen LogP contribution < -0.4 is 9.47 Å². The van der Waals surface area contributed by atoms with Crippen LogP contribution in [0.2, 0.25) is 0 Å². The minimum atomic E-state index is -0.492. The fourth-order valence-electron chi connectivity index (χ4n) is 1.70. The van der Waals surface area contributed by atoms with E-state index in [1.54, 1.807) is 0 Å². The fraction of sp³-hybridized carbons (Fsp3) is 0.421. The van der Waals surface area contributed by atoms with Gasteiger partial charge in [0.15, 0.2) is 0 Å². The number of nitro groups is 1. The third-order valence-electron chi connectivity index (χ3n) is 2.51. The van der Waals surface area contributed by atoms with E-state index in [1.807, 2.05) is 71.9 Å². The second kappa shape index (κ2) is 8.46. The van der Waals surface area contributed by atoms with Crippen molar-refractivity contribution in [2.24, 2.45) is 0 Å². The molecule has 1 heterocycles. The molecule has 6 heteroatoms. The van der Waals surface area contributed by atoms with Crippen LogP contribution in [0.1, 0.15) is 41.5 Å². The molecule has 1 aromatic carbocycles. The molecule has 0 amide bonds. The number of nitrogens with zero attached hydrogens (tertiary/aromatic N) is 2. The highest BCUT2D eigenvalue weighted by molar-refractivity contribution is 5.29. The third kappa shape index (κ3) is 9.30. The Bertz CT molecular complexity index is 657. The lowest BCUT2D eigenvalue weighted by molar-refractivity contribution is -0.385. The van der Waals surface area contributed by atoms with Gasteiger partial charge in [0.05, 0.1) is 4.92 Å². The van der Waals surface area contributed by atoms with Crippen LogP contribution in [0, 0.1) is 10.1 Å². The van der Waals surface area contributed by atoms with E-state index >= 15 is 0 Å². The Morgan fingerprint density at radius 3 is 1.84 bits per heavy atom. The molecular formula is C19H26N2O4. The number of pyridine rings is 1. The van der Waals surface area contributed by atoms with E-state index in [2.05, 4.69) is 4.98 Å². The highest BCUT2D eigenvalue weighted by atomic mass is 16.6. The van der Waals surface area contributed by atoms with Gasteiger partial charge in [0.2, 0.25) is 5.88 Å². The second-order valence-corrected chi connectivity index (χ2v) is 7.35. The van der Waals surface area contributed by atoms with Crippen LogP contribution in [0.3, 0.4) is 0 Å². The molecule has 0 unspecified atom stereocenters. The van der Waals surface area contributed by atoms with Gasteiger partial charge in [-0.25, -0.2) is 4.98 Å². The SMILES string of the molecule is CC(C)(C)Oc1ccc([N+](=O)[O-])cn1.CC(C)(C)Oc1ccccc1. The van der Waals surface area contributed by atoms with E-state index in [1.165, 1.54) is 18.3 Å². The zero-order valence-electron chi connectivity index (χ0n) is 15.6. The Morgan fingerprint density at radius 1 is 0.880 bits per heavy atom. The van der Waals surface area contributed by atoms with Gasteiger partial charge in [0, 0.05) is 12.1 Å². The summed E-state index contributed by atoms with van der Waals surface area (Å²) < 4.78 is 11.0. The Kier molecular flexibility index (Phi) is 6.91. The first kappa shape index (κ1) is 20.4. The standard InChI is InChI=1S/C10H14O.C9H12N2O3/c1-10(2,3)11-9-7-5-4-6-8-9;1-9(2,3)14-8-5-4-7(6-10-8)11(12)13/h4-8H,1-3H3;4-6H,1-3H3. The fourth-order valence-corrected chi connectivity index (χ4v) is 1.70. The monoisotopic (exact) mass is 346 g/mol. The zero-order chi connectivity index (χ0) is 19.1. The molecule has 0 saturated heterocycles. The van der Waals surface area contributed by atoms with Gasteiger partial charge in [-0.1, -0.05) is 18.2 Å². The molecule has 0 fully saturated rings. The molecule has 0 atom stereocenters. The largest absolute Gasteiger partial charge is 0.488 e. The quantitative estimate of drug-likeness (QED) is 0.575. The molecule has 0 aliphatic carbocycles. The number of benzene rings is 1. The lowest BCUT2D eigenvalue weighted by atomic mass is 10.2. The van der Waals surface area contributed by atoms with Crippen LogP contribution in [-0.2, 0) is 0 Å². The van der Waals surface area contributed by atoms with Crippen LogP contribution in [0.4, 0.5) is 5.69 Å². The summed E-state index contributed by atoms with van der Waals surface area (Å²) in [5, 5.41) is 10.3. The van der Waals surface area contributed by atoms with Crippen molar-refractivity contribution in [2.45, 2.75) is 52.7 Å². The number of hydrogen-bond donors (Lipinski definition) is 0. The van der Waals surface area contributed by atoms with Crippen LogP contribution in [-0.4, -0.2) is 21.1 Å². The van der Waals surface area contributed by atoms with Crippen molar-refractivity contribution in [2.75, 3.05) is 0 Å². The third-order valence-corrected chi connectivity index (χ3v) is 2.51. The van der Waals surface area contributed by atoms with E-state index < -0.39 is 4.92 Å². The molecule has 0 N–H and O–H groups in total. The van der Waals surface area contributed by atoms with Gasteiger partial charge in [-0.2, -0.15) is 0 Å². The molecule has 136 valence electrons. The predicted molar refractivity (Wildman–Crippen MR) is 98.1 cm³/mol. The maximum Gasteiger partial charge on any atom is 0.287 e. The van der Waals surface area contributed by atoms with E-state index in [4.69, 9.17) is 9.47 Å². The van der Waals surface area contributed by atoms with Crippen molar-refractivity contribution in [3.63, 3.8) is 0 Å². The average molecular weight is 346 g/mol. The van der Waals surface area contributed by atoms with Gasteiger partial charge in [0.25, 0.3) is 5.69 Å². The molecule has 1 aromatic heterocycles. The second-order valence-electron chi connectivity index (χ2n) is 7.35. The van der Waals surface area contributed by atoms with Crippen molar-refractivity contribution in [1.29, 1.82) is 0 Å². The summed E-state index contributed by atoms with van der Waals surface area (Å²) in [5.41, 5.74) is -0.476. The first-order chi connectivity index (χ1) is 11.5. The Morgan fingerprint density at radius 2 is 1.44 bits per heavy atom. The summed E-state index contributed by atoms with van der Waals surface area (Å²) in [5.74, 6) is 1.32. The van der Waals surface area contributed by atoms with Gasteiger partial charge < -0.3 is 9.47 Å². The van der Waals surface area contributed by atoms with Gasteiger partial charge >= 0.3 is 0 Å². The Balaban J connectivity index is 0.000000257. The molecule has 0 aliphatic rings. The van der Waals surface area contributed by atoms with Crippen molar-refractivity contribution >= 4 is 5.69 Å². The summed E-state index contributed by atoms with van der Waals surface area (Å²) in [6.45, 7) is 11.8. The van der Waals surface area contributed by atoms with E-state index in [-0.39, 0.29) is 16.9 Å². The number of aromatic nitrogens is 1. The summed E-state index contributed by atoms with van der Waals surface area (Å²) in [7, 11) is 0. The molecule has 0 spiro atoms. The number of hydrogen-bond acceptors (Lipinski definition) is 5. The van der Waals surface area contributed by atoms with Gasteiger partial charge in [-0.05, 0) is 53.7 Å². The summed E-state index contributed by atoms with van der Waals surface area (Å²) in [6.07, 6.45) is 1.18. The van der Waals surface area contributed by atoms with Crippen molar-refractivity contribution in [3.05, 3.63) is 58.8 Å². The molecule has 0 aliphatic heterocycles. The van der Waals surface area contributed by atoms with E-state index in [0.717, 1.165) is 5.75 Å². The van der Waals surface area contributed by atoms with Crippen LogP contribution in [0.5, 0.6) is 11.6 Å². The maximum absolute atomic E-state index is 10.3. The highest BCUT2D eigenvalue weighted by Gasteiger charge is 2.13. The Hall–Kier alpha value is -2.63. The minimum Gasteiger partial charge on any atom is -0.488 e. The molecule has 6 nitrogen and oxygen atoms in total. The molecule has 25 heavy (non-hydrogen) atoms. The number of para-hydroxylation sites is 1. The smallest absolute Gasteiger partial charge is 0.287 e. The number of rotatable bonds is 3. The van der Waals surface area contributed by atoms with E-state index in [0.29, 0.717) is 5.88 Å². The van der Waals surface area contributed by atoms with E-state index in [9.17, 15) is 10.1 Å². The van der Waals surface area contributed by atoms with Crippen molar-refractivity contribution in [1.82, 2.24) is 4.98 Å². The Labute approximate surface area is 149 Å². The lowest BCUT2D eigenvalue weighted by Gasteiger charge is -2.20. The van der Waals surface area contributed by atoms with Crippen molar-refractivity contribution < 1.29 is 14.4 Å². The zero-order valence-corrected chi connectivity index (χ0v) is 15.6. The molecule has 2 rings (SSSR count). The topological polar surface area (TPSA) is 74.5 Å². The van der Waals surface area contributed by atoms with Gasteiger partial charge in [-0.3, -0.25) is 10.1 Å². The number of ether oxygens (including phenoxy) is 2. The molecule has 2 aromatic rings. The normalized spacial score (nSPS) is 11.1. The van der Waals surface area contributed by atoms with Crippen LogP contribution in [0.15, 0.2) is 48.7 Å². The summed E-state index contributed by atoms with van der Waals surface area (Å²) in [6, 6.07) is 12.7. The van der Waals surface area contributed by atoms with Crippen LogP contribution >= 0.6 is 0 Å². The summed E-state index contributed by atoms with van der Waals surface area (Å²) >= 11 is 0. The highest BCUT2D eigenvalue weighted by Crippen LogP contribution is 2.18. The average Bonchev–Trinajstić information content (AvgIpc) is 2.46. The molecule has 0 radical (unpaired) electrons. The van der Waals surface area contributed by atoms with Gasteiger partial charge in [0.1, 0.15) is 23.1 Å². The van der Waals surface area contributed by atoms with Gasteiger partial charge in [-0.15, -0.1) is 0 Å².